The van der Waals surface area contributed by atoms with Crippen LogP contribution in [0, 0.1) is 13.8 Å². The van der Waals surface area contributed by atoms with Gasteiger partial charge in [0.1, 0.15) is 11.9 Å². The summed E-state index contributed by atoms with van der Waals surface area (Å²) in [5, 5.41) is 3.19. The molecule has 0 unspecified atom stereocenters. The topological polar surface area (TPSA) is 21.3 Å². The summed E-state index contributed by atoms with van der Waals surface area (Å²) >= 11 is 0. The second kappa shape index (κ2) is 4.67. The minimum absolute atomic E-state index is 0. The van der Waals surface area contributed by atoms with Crippen LogP contribution in [-0.2, 0) is 0 Å². The largest absolute Gasteiger partial charge is 0.487 e. The summed E-state index contributed by atoms with van der Waals surface area (Å²) < 4.78 is 5.80. The lowest BCUT2D eigenvalue weighted by Crippen LogP contribution is -2.50. The molecule has 0 amide bonds. The van der Waals surface area contributed by atoms with E-state index in [1.807, 2.05) is 0 Å². The van der Waals surface area contributed by atoms with Gasteiger partial charge in [-0.15, -0.1) is 12.4 Å². The lowest BCUT2D eigenvalue weighted by atomic mass is 10.1. The van der Waals surface area contributed by atoms with Crippen LogP contribution in [0.5, 0.6) is 5.75 Å². The Morgan fingerprint density at radius 2 is 2.00 bits per heavy atom. The molecule has 0 bridgehead atoms. The van der Waals surface area contributed by atoms with Gasteiger partial charge in [-0.05, 0) is 31.0 Å². The number of halogens is 1. The lowest BCUT2D eigenvalue weighted by Gasteiger charge is -2.28. The zero-order valence-electron chi connectivity index (χ0n) is 8.54. The first-order valence-electron chi connectivity index (χ1n) is 4.70. The molecule has 1 saturated heterocycles. The Balaban J connectivity index is 0.000000980. The summed E-state index contributed by atoms with van der Waals surface area (Å²) in [6.45, 7) is 6.13. The van der Waals surface area contributed by atoms with E-state index in [1.54, 1.807) is 0 Å². The zero-order chi connectivity index (χ0) is 9.26. The van der Waals surface area contributed by atoms with Crippen molar-refractivity contribution in [2.24, 2.45) is 0 Å². The molecule has 1 aromatic rings. The van der Waals surface area contributed by atoms with Gasteiger partial charge in [-0.1, -0.05) is 12.1 Å². The van der Waals surface area contributed by atoms with Gasteiger partial charge in [0, 0.05) is 13.1 Å². The molecule has 0 aromatic heterocycles. The predicted octanol–water partition coefficient (Wildman–Crippen LogP) is 2.08. The van der Waals surface area contributed by atoms with Crippen LogP contribution < -0.4 is 10.1 Å². The van der Waals surface area contributed by atoms with Crippen molar-refractivity contribution >= 4 is 12.4 Å². The van der Waals surface area contributed by atoms with Gasteiger partial charge in [-0.2, -0.15) is 0 Å². The maximum Gasteiger partial charge on any atom is 0.123 e. The SMILES string of the molecule is Cc1ccc(C)c(OC2CNC2)c1.Cl. The van der Waals surface area contributed by atoms with Gasteiger partial charge in [0.15, 0.2) is 0 Å². The highest BCUT2D eigenvalue weighted by molar-refractivity contribution is 5.85. The fourth-order valence-corrected chi connectivity index (χ4v) is 1.36. The third-order valence-electron chi connectivity index (χ3n) is 2.38. The number of aryl methyl sites for hydroxylation is 2. The number of rotatable bonds is 2. The van der Waals surface area contributed by atoms with Crippen LogP contribution >= 0.6 is 12.4 Å². The molecule has 0 radical (unpaired) electrons. The maximum atomic E-state index is 5.80. The van der Waals surface area contributed by atoms with Crippen molar-refractivity contribution in [3.63, 3.8) is 0 Å². The zero-order valence-corrected chi connectivity index (χ0v) is 9.36. The number of hydrogen-bond donors (Lipinski definition) is 1. The predicted molar refractivity (Wildman–Crippen MR) is 60.4 cm³/mol. The van der Waals surface area contributed by atoms with E-state index in [9.17, 15) is 0 Å². The highest BCUT2D eigenvalue weighted by Gasteiger charge is 2.18. The van der Waals surface area contributed by atoms with Crippen LogP contribution in [-0.4, -0.2) is 19.2 Å². The number of benzene rings is 1. The molecule has 14 heavy (non-hydrogen) atoms. The van der Waals surface area contributed by atoms with E-state index in [0.717, 1.165) is 18.8 Å². The fraction of sp³-hybridized carbons (Fsp3) is 0.455. The van der Waals surface area contributed by atoms with Gasteiger partial charge in [0.2, 0.25) is 0 Å². The number of nitrogens with one attached hydrogen (secondary N) is 1. The standard InChI is InChI=1S/C11H15NO.ClH/c1-8-3-4-9(2)11(5-8)13-10-6-12-7-10;/h3-5,10,12H,6-7H2,1-2H3;1H. The molecule has 0 atom stereocenters. The summed E-state index contributed by atoms with van der Waals surface area (Å²) in [5.74, 6) is 1.03. The van der Waals surface area contributed by atoms with Gasteiger partial charge in [-0.3, -0.25) is 0 Å². The normalized spacial score (nSPS) is 15.6. The number of ether oxygens (including phenoxy) is 1. The average Bonchev–Trinajstić information content (AvgIpc) is 2.03. The van der Waals surface area contributed by atoms with Crippen molar-refractivity contribution in [2.45, 2.75) is 20.0 Å². The molecular weight excluding hydrogens is 198 g/mol. The smallest absolute Gasteiger partial charge is 0.123 e. The van der Waals surface area contributed by atoms with Crippen LogP contribution in [0.3, 0.4) is 0 Å². The van der Waals surface area contributed by atoms with Crippen molar-refractivity contribution in [3.8, 4) is 5.75 Å². The summed E-state index contributed by atoms with van der Waals surface area (Å²) in [7, 11) is 0. The molecule has 1 aliphatic heterocycles. The Morgan fingerprint density at radius 3 is 2.57 bits per heavy atom. The third-order valence-corrected chi connectivity index (χ3v) is 2.38. The Morgan fingerprint density at radius 1 is 1.29 bits per heavy atom. The average molecular weight is 214 g/mol. The minimum Gasteiger partial charge on any atom is -0.487 e. The minimum atomic E-state index is 0. The van der Waals surface area contributed by atoms with Crippen molar-refractivity contribution < 1.29 is 4.74 Å². The molecular formula is C11H16ClNO. The Labute approximate surface area is 91.1 Å². The first-order chi connectivity index (χ1) is 6.25. The monoisotopic (exact) mass is 213 g/mol. The first kappa shape index (κ1) is 11.3. The maximum absolute atomic E-state index is 5.80. The molecule has 0 saturated carbocycles. The van der Waals surface area contributed by atoms with E-state index in [0.29, 0.717) is 6.10 Å². The molecule has 3 heteroatoms. The third kappa shape index (κ3) is 2.40. The summed E-state index contributed by atoms with van der Waals surface area (Å²) in [5.41, 5.74) is 2.48. The van der Waals surface area contributed by atoms with Crippen LogP contribution in [0.25, 0.3) is 0 Å². The molecule has 2 rings (SSSR count). The Hall–Kier alpha value is -0.730. The quantitative estimate of drug-likeness (QED) is 0.812. The van der Waals surface area contributed by atoms with E-state index in [-0.39, 0.29) is 12.4 Å². The molecule has 1 aliphatic rings. The van der Waals surface area contributed by atoms with E-state index in [4.69, 9.17) is 4.74 Å². The van der Waals surface area contributed by atoms with E-state index >= 15 is 0 Å². The highest BCUT2D eigenvalue weighted by atomic mass is 35.5. The van der Waals surface area contributed by atoms with Crippen LogP contribution in [0.4, 0.5) is 0 Å². The molecule has 1 N–H and O–H groups in total. The van der Waals surface area contributed by atoms with Gasteiger partial charge >= 0.3 is 0 Å². The van der Waals surface area contributed by atoms with Crippen molar-refractivity contribution in [1.82, 2.24) is 5.32 Å². The molecule has 0 spiro atoms. The van der Waals surface area contributed by atoms with E-state index < -0.39 is 0 Å². The Kier molecular flexibility index (Phi) is 3.78. The molecule has 1 heterocycles. The number of hydrogen-bond acceptors (Lipinski definition) is 2. The van der Waals surface area contributed by atoms with Gasteiger partial charge in [0.25, 0.3) is 0 Å². The lowest BCUT2D eigenvalue weighted by molar-refractivity contribution is 0.141. The first-order valence-corrected chi connectivity index (χ1v) is 4.70. The molecule has 1 fully saturated rings. The highest BCUT2D eigenvalue weighted by Crippen LogP contribution is 2.21. The molecule has 0 aliphatic carbocycles. The summed E-state index contributed by atoms with van der Waals surface area (Å²) in [6, 6.07) is 6.33. The second-order valence-electron chi connectivity index (χ2n) is 3.67. The van der Waals surface area contributed by atoms with Gasteiger partial charge < -0.3 is 10.1 Å². The van der Waals surface area contributed by atoms with E-state index in [2.05, 4.69) is 37.4 Å². The fourth-order valence-electron chi connectivity index (χ4n) is 1.36. The molecule has 1 aromatic carbocycles. The molecule has 78 valence electrons. The Bertz CT molecular complexity index is 310. The van der Waals surface area contributed by atoms with Crippen LogP contribution in [0.15, 0.2) is 18.2 Å². The van der Waals surface area contributed by atoms with Gasteiger partial charge in [-0.25, -0.2) is 0 Å². The van der Waals surface area contributed by atoms with Gasteiger partial charge in [0.05, 0.1) is 0 Å². The van der Waals surface area contributed by atoms with Crippen LogP contribution in [0.2, 0.25) is 0 Å². The molecule has 2 nitrogen and oxygen atoms in total. The van der Waals surface area contributed by atoms with Crippen molar-refractivity contribution in [2.75, 3.05) is 13.1 Å². The summed E-state index contributed by atoms with van der Waals surface area (Å²) in [4.78, 5) is 0. The van der Waals surface area contributed by atoms with Crippen LogP contribution in [0.1, 0.15) is 11.1 Å². The van der Waals surface area contributed by atoms with Crippen molar-refractivity contribution in [3.05, 3.63) is 29.3 Å². The van der Waals surface area contributed by atoms with Crippen molar-refractivity contribution in [1.29, 1.82) is 0 Å². The second-order valence-corrected chi connectivity index (χ2v) is 3.67. The summed E-state index contributed by atoms with van der Waals surface area (Å²) in [6.07, 6.45) is 0.375. The van der Waals surface area contributed by atoms with E-state index in [1.165, 1.54) is 11.1 Å².